The normalized spacial score (nSPS) is 23.5. The van der Waals surface area contributed by atoms with Crippen LogP contribution in [0.25, 0.3) is 0 Å². The smallest absolute Gasteiger partial charge is 0.251 e. The van der Waals surface area contributed by atoms with Gasteiger partial charge in [0.05, 0.1) is 0 Å². The molecule has 2 fully saturated rings. The lowest BCUT2D eigenvalue weighted by Gasteiger charge is -2.16. The number of likely N-dealkylation sites (tertiary alicyclic amines) is 1. The number of carbonyl (C=O) groups excluding carboxylic acids is 1. The highest BCUT2D eigenvalue weighted by Gasteiger charge is 2.34. The molecule has 1 aliphatic heterocycles. The number of nitrogens with one attached hydrogen (secondary N) is 1. The third-order valence-corrected chi connectivity index (χ3v) is 3.80. The summed E-state index contributed by atoms with van der Waals surface area (Å²) in [6.45, 7) is 1.95. The van der Waals surface area contributed by atoms with E-state index in [1.54, 1.807) is 0 Å². The van der Waals surface area contributed by atoms with Crippen molar-refractivity contribution in [2.75, 3.05) is 18.8 Å². The molecule has 4 nitrogen and oxygen atoms in total. The number of rotatable bonds is 3. The molecule has 0 radical (unpaired) electrons. The van der Waals surface area contributed by atoms with Gasteiger partial charge in [-0.3, -0.25) is 9.69 Å². The molecule has 0 aromatic heterocycles. The summed E-state index contributed by atoms with van der Waals surface area (Å²) in [5.41, 5.74) is 6.12. The number of halogens is 1. The predicted octanol–water partition coefficient (Wildman–Crippen LogP) is 1.37. The van der Waals surface area contributed by atoms with Crippen LogP contribution in [0.5, 0.6) is 0 Å². The first-order chi connectivity index (χ1) is 9.11. The van der Waals surface area contributed by atoms with Crippen LogP contribution in [0.15, 0.2) is 18.2 Å². The zero-order chi connectivity index (χ0) is 13.4. The van der Waals surface area contributed by atoms with Crippen LogP contribution in [0.1, 0.15) is 29.6 Å². The molecule has 1 aromatic rings. The first-order valence-electron chi connectivity index (χ1n) is 6.73. The summed E-state index contributed by atoms with van der Waals surface area (Å²) in [7, 11) is 0. The molecule has 1 aliphatic carbocycles. The van der Waals surface area contributed by atoms with E-state index in [2.05, 4.69) is 10.2 Å². The maximum atomic E-state index is 13.2. The van der Waals surface area contributed by atoms with Gasteiger partial charge in [-0.2, -0.15) is 0 Å². The number of nitrogen functional groups attached to an aromatic ring is 1. The molecule has 5 heteroatoms. The standard InChI is InChI=1S/C14H18FN3O/c15-10-5-9(6-11(16)7-10)14(19)17-12-3-4-18(8-12)13-1-2-13/h5-7,12-13H,1-4,8,16H2,(H,17,19). The van der Waals surface area contributed by atoms with E-state index in [-0.39, 0.29) is 17.6 Å². The molecule has 1 atom stereocenters. The highest BCUT2D eigenvalue weighted by Crippen LogP contribution is 2.29. The summed E-state index contributed by atoms with van der Waals surface area (Å²) in [6, 6.07) is 4.83. The molecule has 1 heterocycles. The number of carbonyl (C=O) groups is 1. The van der Waals surface area contributed by atoms with Crippen LogP contribution in [0.4, 0.5) is 10.1 Å². The molecular weight excluding hydrogens is 245 g/mol. The van der Waals surface area contributed by atoms with E-state index in [1.807, 2.05) is 0 Å². The lowest BCUT2D eigenvalue weighted by Crippen LogP contribution is -2.37. The number of hydrogen-bond donors (Lipinski definition) is 2. The van der Waals surface area contributed by atoms with Gasteiger partial charge in [0.1, 0.15) is 5.82 Å². The molecular formula is C14H18FN3O. The lowest BCUT2D eigenvalue weighted by molar-refractivity contribution is 0.0937. The fraction of sp³-hybridized carbons (Fsp3) is 0.500. The number of anilines is 1. The van der Waals surface area contributed by atoms with E-state index in [9.17, 15) is 9.18 Å². The largest absolute Gasteiger partial charge is 0.399 e. The van der Waals surface area contributed by atoms with Gasteiger partial charge in [0, 0.05) is 36.4 Å². The minimum atomic E-state index is -0.476. The van der Waals surface area contributed by atoms with Crippen molar-refractivity contribution in [3.63, 3.8) is 0 Å². The second-order valence-corrected chi connectivity index (χ2v) is 5.46. The Morgan fingerprint density at radius 2 is 2.11 bits per heavy atom. The molecule has 2 aliphatic rings. The van der Waals surface area contributed by atoms with E-state index < -0.39 is 5.82 Å². The zero-order valence-electron chi connectivity index (χ0n) is 10.7. The summed E-state index contributed by atoms with van der Waals surface area (Å²) in [4.78, 5) is 14.5. The first kappa shape index (κ1) is 12.4. The van der Waals surface area contributed by atoms with Crippen LogP contribution >= 0.6 is 0 Å². The fourth-order valence-electron chi connectivity index (χ4n) is 2.69. The van der Waals surface area contributed by atoms with Crippen molar-refractivity contribution in [1.82, 2.24) is 10.2 Å². The number of benzene rings is 1. The number of amides is 1. The van der Waals surface area contributed by atoms with Gasteiger partial charge in [0.2, 0.25) is 0 Å². The summed E-state index contributed by atoms with van der Waals surface area (Å²) < 4.78 is 13.2. The summed E-state index contributed by atoms with van der Waals surface area (Å²) in [6.07, 6.45) is 3.52. The van der Waals surface area contributed by atoms with Crippen molar-refractivity contribution in [1.29, 1.82) is 0 Å². The van der Waals surface area contributed by atoms with Crippen molar-refractivity contribution in [3.05, 3.63) is 29.6 Å². The third kappa shape index (κ3) is 2.87. The Bertz CT molecular complexity index is 481. The van der Waals surface area contributed by atoms with Gasteiger partial charge in [-0.15, -0.1) is 0 Å². The van der Waals surface area contributed by atoms with Crippen LogP contribution in [-0.2, 0) is 0 Å². The molecule has 1 amide bonds. The summed E-state index contributed by atoms with van der Waals surface area (Å²) in [5.74, 6) is -0.718. The molecule has 1 aromatic carbocycles. The van der Waals surface area contributed by atoms with Gasteiger partial charge in [0.25, 0.3) is 5.91 Å². The van der Waals surface area contributed by atoms with Crippen molar-refractivity contribution >= 4 is 11.6 Å². The van der Waals surface area contributed by atoms with E-state index in [4.69, 9.17) is 5.73 Å². The van der Waals surface area contributed by atoms with Gasteiger partial charge < -0.3 is 11.1 Å². The molecule has 1 saturated heterocycles. The van der Waals surface area contributed by atoms with Gasteiger partial charge in [-0.1, -0.05) is 0 Å². The molecule has 3 N–H and O–H groups in total. The molecule has 0 bridgehead atoms. The van der Waals surface area contributed by atoms with E-state index in [1.165, 1.54) is 31.0 Å². The zero-order valence-corrected chi connectivity index (χ0v) is 10.7. The van der Waals surface area contributed by atoms with Gasteiger partial charge in [-0.05, 0) is 37.5 Å². The average molecular weight is 263 g/mol. The number of hydrogen-bond acceptors (Lipinski definition) is 3. The highest BCUT2D eigenvalue weighted by atomic mass is 19.1. The minimum Gasteiger partial charge on any atom is -0.399 e. The van der Waals surface area contributed by atoms with Crippen molar-refractivity contribution in [2.45, 2.75) is 31.3 Å². The Labute approximate surface area is 111 Å². The van der Waals surface area contributed by atoms with Crippen molar-refractivity contribution in [2.24, 2.45) is 0 Å². The maximum Gasteiger partial charge on any atom is 0.251 e. The second kappa shape index (κ2) is 4.81. The van der Waals surface area contributed by atoms with Crippen LogP contribution in [0.3, 0.4) is 0 Å². The maximum absolute atomic E-state index is 13.2. The van der Waals surface area contributed by atoms with Gasteiger partial charge in [0.15, 0.2) is 0 Å². The van der Waals surface area contributed by atoms with Crippen LogP contribution < -0.4 is 11.1 Å². The summed E-state index contributed by atoms with van der Waals surface area (Å²) in [5, 5.41) is 2.96. The molecule has 3 rings (SSSR count). The topological polar surface area (TPSA) is 58.4 Å². The SMILES string of the molecule is Nc1cc(F)cc(C(=O)NC2CCN(C3CC3)C2)c1. The average Bonchev–Trinajstić information content (AvgIpc) is 3.09. The molecule has 19 heavy (non-hydrogen) atoms. The summed E-state index contributed by atoms with van der Waals surface area (Å²) >= 11 is 0. The fourth-order valence-corrected chi connectivity index (χ4v) is 2.69. The number of nitrogens with zero attached hydrogens (tertiary/aromatic N) is 1. The van der Waals surface area contributed by atoms with E-state index in [0.29, 0.717) is 5.56 Å². The minimum absolute atomic E-state index is 0.164. The van der Waals surface area contributed by atoms with E-state index >= 15 is 0 Å². The Balaban J connectivity index is 1.61. The third-order valence-electron chi connectivity index (χ3n) is 3.80. The van der Waals surface area contributed by atoms with Crippen molar-refractivity contribution < 1.29 is 9.18 Å². The lowest BCUT2D eigenvalue weighted by atomic mass is 10.1. The molecule has 102 valence electrons. The highest BCUT2D eigenvalue weighted by molar-refractivity contribution is 5.95. The Hall–Kier alpha value is -1.62. The Kier molecular flexibility index (Phi) is 3.14. The van der Waals surface area contributed by atoms with Gasteiger partial charge in [-0.25, -0.2) is 4.39 Å². The second-order valence-electron chi connectivity index (χ2n) is 5.46. The monoisotopic (exact) mass is 263 g/mol. The number of nitrogens with two attached hydrogens (primary N) is 1. The van der Waals surface area contributed by atoms with Crippen LogP contribution in [-0.4, -0.2) is 36.0 Å². The molecule has 1 unspecified atom stereocenters. The van der Waals surface area contributed by atoms with Gasteiger partial charge >= 0.3 is 0 Å². The Morgan fingerprint density at radius 3 is 2.79 bits per heavy atom. The first-order valence-corrected chi connectivity index (χ1v) is 6.73. The Morgan fingerprint density at radius 1 is 1.32 bits per heavy atom. The van der Waals surface area contributed by atoms with Crippen LogP contribution in [0, 0.1) is 5.82 Å². The van der Waals surface area contributed by atoms with E-state index in [0.717, 1.165) is 25.6 Å². The predicted molar refractivity (Wildman–Crippen MR) is 71.3 cm³/mol. The quantitative estimate of drug-likeness (QED) is 0.810. The molecule has 0 spiro atoms. The molecule has 1 saturated carbocycles. The van der Waals surface area contributed by atoms with Crippen LogP contribution in [0.2, 0.25) is 0 Å². The van der Waals surface area contributed by atoms with Crippen molar-refractivity contribution in [3.8, 4) is 0 Å².